The summed E-state index contributed by atoms with van der Waals surface area (Å²) in [6.07, 6.45) is 2.40. The van der Waals surface area contributed by atoms with E-state index in [0.29, 0.717) is 5.69 Å². The summed E-state index contributed by atoms with van der Waals surface area (Å²) in [6.45, 7) is 4.20. The van der Waals surface area contributed by atoms with Crippen LogP contribution in [0.4, 0.5) is 36.3 Å². The molecule has 1 aromatic heterocycles. The molecular weight excluding hydrogens is 413 g/mol. The number of halogens is 3. The lowest BCUT2D eigenvalue weighted by Gasteiger charge is -2.17. The van der Waals surface area contributed by atoms with Crippen LogP contribution >= 0.6 is 0 Å². The molecule has 3 rings (SSSR count). The number of aryl methyl sites for hydroxylation is 2. The molecule has 0 bridgehead atoms. The van der Waals surface area contributed by atoms with Crippen molar-refractivity contribution in [2.24, 2.45) is 0 Å². The number of hydrogen-bond donors (Lipinski definition) is 2. The van der Waals surface area contributed by atoms with Gasteiger partial charge in [0.05, 0.1) is 0 Å². The highest BCUT2D eigenvalue weighted by atomic mass is 19.4. The van der Waals surface area contributed by atoms with Gasteiger partial charge in [-0.15, -0.1) is 0 Å². The summed E-state index contributed by atoms with van der Waals surface area (Å²) in [4.78, 5) is 8.06. The zero-order valence-corrected chi connectivity index (χ0v) is 18.5. The highest BCUT2D eigenvalue weighted by Crippen LogP contribution is 2.36. The van der Waals surface area contributed by atoms with Gasteiger partial charge in [0, 0.05) is 17.6 Å². The molecule has 2 N–H and O–H groups in total. The van der Waals surface area contributed by atoms with Crippen LogP contribution < -0.4 is 10.6 Å². The highest BCUT2D eigenvalue weighted by molar-refractivity contribution is 5.65. The van der Waals surface area contributed by atoms with Crippen LogP contribution in [0.1, 0.15) is 56.2 Å². The normalized spacial score (nSPS) is 11.4. The van der Waals surface area contributed by atoms with Gasteiger partial charge in [-0.05, 0) is 48.6 Å². The second-order valence-corrected chi connectivity index (χ2v) is 7.76. The molecule has 0 aliphatic heterocycles. The quantitative estimate of drug-likeness (QED) is 0.316. The monoisotopic (exact) mass is 442 g/mol. The number of rotatable bonds is 10. The summed E-state index contributed by atoms with van der Waals surface area (Å²) in [7, 11) is 0. The molecule has 0 amide bonds. The summed E-state index contributed by atoms with van der Waals surface area (Å²) >= 11 is 0. The lowest BCUT2D eigenvalue weighted by molar-refractivity contribution is -0.137. The van der Waals surface area contributed by atoms with Crippen molar-refractivity contribution in [3.8, 4) is 0 Å². The van der Waals surface area contributed by atoms with Crippen molar-refractivity contribution in [3.05, 3.63) is 71.4 Å². The fourth-order valence-corrected chi connectivity index (χ4v) is 3.46. The smallest absolute Gasteiger partial charge is 0.339 e. The predicted octanol–water partition coefficient (Wildman–Crippen LogP) is 7.67. The summed E-state index contributed by atoms with van der Waals surface area (Å²) < 4.78 is 40.8. The lowest BCUT2D eigenvalue weighted by Crippen LogP contribution is -2.13. The van der Waals surface area contributed by atoms with Crippen molar-refractivity contribution in [1.82, 2.24) is 9.97 Å². The second kappa shape index (κ2) is 11.0. The third-order valence-electron chi connectivity index (χ3n) is 5.16. The van der Waals surface area contributed by atoms with Gasteiger partial charge in [0.15, 0.2) is 0 Å². The third-order valence-corrected chi connectivity index (χ3v) is 5.16. The van der Waals surface area contributed by atoms with Crippen LogP contribution in [-0.4, -0.2) is 9.97 Å². The molecule has 4 nitrogen and oxygen atoms in total. The Morgan fingerprint density at radius 1 is 0.844 bits per heavy atom. The molecular formula is C25H29F3N4. The van der Waals surface area contributed by atoms with Gasteiger partial charge in [-0.25, -0.2) is 4.98 Å². The van der Waals surface area contributed by atoms with E-state index in [1.165, 1.54) is 18.4 Å². The van der Waals surface area contributed by atoms with Gasteiger partial charge in [-0.3, -0.25) is 0 Å². The fraction of sp³-hybridized carbons (Fsp3) is 0.360. The minimum absolute atomic E-state index is 0.104. The maximum absolute atomic E-state index is 13.6. The van der Waals surface area contributed by atoms with E-state index in [1.54, 1.807) is 12.1 Å². The summed E-state index contributed by atoms with van der Waals surface area (Å²) in [5, 5.41) is 5.90. The van der Waals surface area contributed by atoms with E-state index >= 15 is 0 Å². The number of alkyl halides is 3. The molecule has 1 heterocycles. The van der Waals surface area contributed by atoms with Crippen LogP contribution in [-0.2, 0) is 19.0 Å². The van der Waals surface area contributed by atoms with Gasteiger partial charge in [0.25, 0.3) is 0 Å². The van der Waals surface area contributed by atoms with Crippen LogP contribution in [0, 0.1) is 0 Å². The van der Waals surface area contributed by atoms with Gasteiger partial charge in [0.1, 0.15) is 11.4 Å². The maximum Gasteiger partial charge on any atom is 0.421 e. The van der Waals surface area contributed by atoms with Gasteiger partial charge < -0.3 is 10.6 Å². The topological polar surface area (TPSA) is 49.8 Å². The molecule has 0 saturated carbocycles. The van der Waals surface area contributed by atoms with Gasteiger partial charge >= 0.3 is 6.18 Å². The molecule has 0 unspecified atom stereocenters. The molecule has 7 heteroatoms. The van der Waals surface area contributed by atoms with Crippen molar-refractivity contribution in [2.75, 3.05) is 10.6 Å². The Kier molecular flexibility index (Phi) is 8.09. The lowest BCUT2D eigenvalue weighted by atomic mass is 10.1. The molecule has 3 aromatic rings. The number of anilines is 4. The highest BCUT2D eigenvalue weighted by Gasteiger charge is 2.35. The molecule has 0 spiro atoms. The summed E-state index contributed by atoms with van der Waals surface area (Å²) in [5.41, 5.74) is 2.60. The van der Waals surface area contributed by atoms with E-state index in [9.17, 15) is 13.2 Å². The number of nitrogens with one attached hydrogen (secondary N) is 2. The Morgan fingerprint density at radius 3 is 2.28 bits per heavy atom. The Bertz CT molecular complexity index is 1000. The number of aromatic nitrogens is 2. The van der Waals surface area contributed by atoms with Gasteiger partial charge in [-0.2, -0.15) is 18.2 Å². The Balaban J connectivity index is 1.83. The average molecular weight is 443 g/mol. The molecule has 0 aliphatic carbocycles. The van der Waals surface area contributed by atoms with Gasteiger partial charge in [-0.1, -0.05) is 63.4 Å². The van der Waals surface area contributed by atoms with E-state index in [2.05, 4.69) is 27.5 Å². The Morgan fingerprint density at radius 2 is 1.59 bits per heavy atom. The molecule has 0 saturated heterocycles. The number of hydrogen-bond acceptors (Lipinski definition) is 4. The van der Waals surface area contributed by atoms with Crippen molar-refractivity contribution in [1.29, 1.82) is 0 Å². The minimum atomic E-state index is -4.57. The molecule has 32 heavy (non-hydrogen) atoms. The first-order valence-electron chi connectivity index (χ1n) is 11.1. The van der Waals surface area contributed by atoms with Crippen LogP contribution in [0.2, 0.25) is 0 Å². The number of nitrogens with zero attached hydrogens (tertiary/aromatic N) is 2. The van der Waals surface area contributed by atoms with E-state index in [-0.39, 0.29) is 11.8 Å². The van der Waals surface area contributed by atoms with Crippen LogP contribution in [0.5, 0.6) is 0 Å². The zero-order valence-electron chi connectivity index (χ0n) is 18.5. The molecule has 170 valence electrons. The Hall–Kier alpha value is -3.09. The van der Waals surface area contributed by atoms with E-state index in [4.69, 9.17) is 0 Å². The molecule has 0 radical (unpaired) electrons. The first-order valence-corrected chi connectivity index (χ1v) is 11.1. The van der Waals surface area contributed by atoms with E-state index in [1.807, 2.05) is 43.3 Å². The van der Waals surface area contributed by atoms with Crippen LogP contribution in [0.25, 0.3) is 0 Å². The summed E-state index contributed by atoms with van der Waals surface area (Å²) in [5.74, 6) is -0.165. The van der Waals surface area contributed by atoms with Crippen molar-refractivity contribution in [3.63, 3.8) is 0 Å². The van der Waals surface area contributed by atoms with E-state index in [0.717, 1.165) is 43.1 Å². The van der Waals surface area contributed by atoms with Crippen LogP contribution in [0.3, 0.4) is 0 Å². The first kappa shape index (κ1) is 23.6. The molecule has 0 fully saturated rings. The largest absolute Gasteiger partial charge is 0.421 e. The number of para-hydroxylation sites is 1. The second-order valence-electron chi connectivity index (χ2n) is 7.76. The van der Waals surface area contributed by atoms with Crippen LogP contribution in [0.15, 0.2) is 54.7 Å². The molecule has 0 atom stereocenters. The zero-order chi connectivity index (χ0) is 23.0. The maximum atomic E-state index is 13.6. The SMILES string of the molecule is CCCCCc1ccc(Nc2ncc(C(F)(F)F)c(Nc3ccccc3CCC)n2)cc1. The first-order chi connectivity index (χ1) is 15.4. The predicted molar refractivity (Wildman–Crippen MR) is 124 cm³/mol. The van der Waals surface area contributed by atoms with E-state index < -0.39 is 11.7 Å². The Labute approximate surface area is 187 Å². The number of benzene rings is 2. The fourth-order valence-electron chi connectivity index (χ4n) is 3.46. The van der Waals surface area contributed by atoms with Crippen molar-refractivity contribution >= 4 is 23.1 Å². The molecule has 0 aliphatic rings. The van der Waals surface area contributed by atoms with Gasteiger partial charge in [0.2, 0.25) is 5.95 Å². The average Bonchev–Trinajstić information content (AvgIpc) is 2.76. The third kappa shape index (κ3) is 6.45. The van der Waals surface area contributed by atoms with Crippen molar-refractivity contribution in [2.45, 2.75) is 58.5 Å². The number of unbranched alkanes of at least 4 members (excludes halogenated alkanes) is 2. The molecule has 2 aromatic carbocycles. The standard InChI is InChI=1S/C25H29F3N4/c1-3-5-6-10-18-13-15-20(16-14-18)30-24-29-17-21(25(26,27)28)23(32-24)31-22-12-8-7-11-19(22)9-4-2/h7-8,11-17H,3-6,9-10H2,1-2H3,(H2,29,30,31,32). The minimum Gasteiger partial charge on any atom is -0.339 e. The summed E-state index contributed by atoms with van der Waals surface area (Å²) in [6, 6.07) is 15.2. The van der Waals surface area contributed by atoms with Crippen molar-refractivity contribution < 1.29 is 13.2 Å².